The van der Waals surface area contributed by atoms with E-state index in [1.807, 2.05) is 12.1 Å². The van der Waals surface area contributed by atoms with Crippen LogP contribution in [0, 0.1) is 0 Å². The summed E-state index contributed by atoms with van der Waals surface area (Å²) in [5.41, 5.74) is 0.742. The summed E-state index contributed by atoms with van der Waals surface area (Å²) in [6, 6.07) is 7.05. The molecule has 168 valence electrons. The molecule has 0 aromatic heterocycles. The first-order chi connectivity index (χ1) is 14.3. The first-order valence-electron chi connectivity index (χ1n) is 11.5. The lowest BCUT2D eigenvalue weighted by atomic mass is 10.2. The van der Waals surface area contributed by atoms with Gasteiger partial charge in [-0.15, -0.1) is 0 Å². The molecule has 7 heteroatoms. The van der Waals surface area contributed by atoms with E-state index in [-0.39, 0.29) is 11.2 Å². The van der Waals surface area contributed by atoms with Crippen LogP contribution in [0.25, 0.3) is 0 Å². The summed E-state index contributed by atoms with van der Waals surface area (Å²) in [5, 5.41) is 3.58. The van der Waals surface area contributed by atoms with Crippen molar-refractivity contribution in [2.24, 2.45) is 4.74 Å². The number of carbonyl (C=O) groups is 1. The number of anilines is 1. The van der Waals surface area contributed by atoms with Crippen molar-refractivity contribution in [3.63, 3.8) is 0 Å². The first kappa shape index (κ1) is 23.8. The van der Waals surface area contributed by atoms with Crippen LogP contribution in [0.5, 0.6) is 0 Å². The standard InChI is InChI=1S/C23H38ClN4OP/c1-23(2,3)30(27-16-8-4-5-9-17-27,28-18-10-6-7-11-19-28)26-22(29)25-21-14-12-20(24)13-15-21/h12-15H,4-11,16-19H2,1-3H3,(H,25,29). The minimum atomic E-state index is -2.24. The van der Waals surface area contributed by atoms with E-state index in [0.29, 0.717) is 5.02 Å². The molecule has 0 radical (unpaired) electrons. The van der Waals surface area contributed by atoms with Crippen LogP contribution in [0.3, 0.4) is 0 Å². The number of hydrogen-bond donors (Lipinski definition) is 1. The van der Waals surface area contributed by atoms with Crippen LogP contribution in [0.15, 0.2) is 29.0 Å². The third-order valence-corrected chi connectivity index (χ3v) is 11.1. The van der Waals surface area contributed by atoms with Gasteiger partial charge in [0, 0.05) is 42.0 Å². The summed E-state index contributed by atoms with van der Waals surface area (Å²) in [6.07, 6.45) is 9.88. The Hall–Kier alpha value is -0.870. The molecule has 1 aromatic carbocycles. The van der Waals surface area contributed by atoms with E-state index < -0.39 is 7.36 Å². The molecule has 0 spiro atoms. The lowest BCUT2D eigenvalue weighted by Gasteiger charge is -2.50. The number of urea groups is 1. The number of rotatable bonds is 3. The molecule has 1 aromatic rings. The van der Waals surface area contributed by atoms with Crippen molar-refractivity contribution in [2.45, 2.75) is 77.3 Å². The molecule has 2 amide bonds. The van der Waals surface area contributed by atoms with Gasteiger partial charge in [-0.2, -0.15) is 4.74 Å². The largest absolute Gasteiger partial charge is 0.346 e. The van der Waals surface area contributed by atoms with E-state index in [2.05, 4.69) is 35.4 Å². The molecule has 0 atom stereocenters. The Labute approximate surface area is 187 Å². The van der Waals surface area contributed by atoms with Crippen LogP contribution in [-0.4, -0.2) is 46.7 Å². The molecule has 3 rings (SSSR count). The molecule has 30 heavy (non-hydrogen) atoms. The summed E-state index contributed by atoms with van der Waals surface area (Å²) in [6.45, 7) is 11.0. The number of benzene rings is 1. The molecular weight excluding hydrogens is 415 g/mol. The van der Waals surface area contributed by atoms with Crippen molar-refractivity contribution in [3.05, 3.63) is 29.3 Å². The van der Waals surface area contributed by atoms with Crippen LogP contribution in [-0.2, 0) is 0 Å². The van der Waals surface area contributed by atoms with Gasteiger partial charge in [0.05, 0.1) is 0 Å². The summed E-state index contributed by atoms with van der Waals surface area (Å²) in [7, 11) is -2.24. The van der Waals surface area contributed by atoms with E-state index in [9.17, 15) is 4.79 Å². The maximum Gasteiger partial charge on any atom is 0.346 e. The van der Waals surface area contributed by atoms with Gasteiger partial charge in [-0.05, 0) is 49.9 Å². The second kappa shape index (κ2) is 10.6. The predicted octanol–water partition coefficient (Wildman–Crippen LogP) is 7.45. The van der Waals surface area contributed by atoms with Gasteiger partial charge in [-0.25, -0.2) is 4.79 Å². The fraction of sp³-hybridized carbons (Fsp3) is 0.696. The molecule has 2 heterocycles. The maximum atomic E-state index is 13.3. The van der Waals surface area contributed by atoms with Gasteiger partial charge in [-0.1, -0.05) is 58.1 Å². The van der Waals surface area contributed by atoms with Gasteiger partial charge < -0.3 is 5.32 Å². The van der Waals surface area contributed by atoms with Crippen molar-refractivity contribution >= 4 is 30.7 Å². The van der Waals surface area contributed by atoms with Crippen LogP contribution in [0.4, 0.5) is 10.5 Å². The van der Waals surface area contributed by atoms with E-state index >= 15 is 0 Å². The molecule has 2 fully saturated rings. The topological polar surface area (TPSA) is 47.9 Å². The number of amides is 2. The third-order valence-electron chi connectivity index (χ3n) is 6.18. The lowest BCUT2D eigenvalue weighted by Crippen LogP contribution is -2.42. The van der Waals surface area contributed by atoms with Crippen molar-refractivity contribution in [2.75, 3.05) is 31.5 Å². The number of hydrogen-bond acceptors (Lipinski definition) is 1. The molecule has 0 aliphatic carbocycles. The minimum absolute atomic E-state index is 0.0982. The van der Waals surface area contributed by atoms with Crippen molar-refractivity contribution in [1.82, 2.24) is 9.34 Å². The van der Waals surface area contributed by atoms with Crippen molar-refractivity contribution in [1.29, 1.82) is 0 Å². The molecular formula is C23H38ClN4OP. The van der Waals surface area contributed by atoms with E-state index in [4.69, 9.17) is 16.3 Å². The Kier molecular flexibility index (Phi) is 8.43. The second-order valence-electron chi connectivity index (χ2n) is 9.51. The monoisotopic (exact) mass is 452 g/mol. The van der Waals surface area contributed by atoms with Gasteiger partial charge in [0.2, 0.25) is 0 Å². The van der Waals surface area contributed by atoms with Crippen LogP contribution < -0.4 is 5.32 Å². The summed E-state index contributed by atoms with van der Waals surface area (Å²) < 4.78 is 10.3. The predicted molar refractivity (Wildman–Crippen MR) is 130 cm³/mol. The van der Waals surface area contributed by atoms with Crippen molar-refractivity contribution < 1.29 is 4.79 Å². The molecule has 0 saturated carbocycles. The van der Waals surface area contributed by atoms with E-state index in [0.717, 1.165) is 31.9 Å². The summed E-state index contributed by atoms with van der Waals surface area (Å²) >= 11 is 6.00. The van der Waals surface area contributed by atoms with Crippen LogP contribution in [0.2, 0.25) is 5.02 Å². The van der Waals surface area contributed by atoms with E-state index in [1.165, 1.54) is 51.4 Å². The molecule has 5 nitrogen and oxygen atoms in total. The fourth-order valence-corrected chi connectivity index (χ4v) is 9.50. The zero-order chi connectivity index (χ0) is 21.6. The highest BCUT2D eigenvalue weighted by Gasteiger charge is 2.45. The zero-order valence-electron chi connectivity index (χ0n) is 18.9. The van der Waals surface area contributed by atoms with Crippen LogP contribution >= 0.6 is 19.0 Å². The van der Waals surface area contributed by atoms with E-state index in [1.54, 1.807) is 12.1 Å². The van der Waals surface area contributed by atoms with Gasteiger partial charge in [0.1, 0.15) is 7.36 Å². The van der Waals surface area contributed by atoms with Crippen LogP contribution in [0.1, 0.15) is 72.1 Å². The van der Waals surface area contributed by atoms with Gasteiger partial charge >= 0.3 is 6.03 Å². The Balaban J connectivity index is 2.03. The van der Waals surface area contributed by atoms with Gasteiger partial charge in [0.15, 0.2) is 0 Å². The van der Waals surface area contributed by atoms with Gasteiger partial charge in [0.25, 0.3) is 0 Å². The zero-order valence-corrected chi connectivity index (χ0v) is 20.5. The summed E-state index contributed by atoms with van der Waals surface area (Å²) in [5.74, 6) is 0. The molecule has 0 bridgehead atoms. The first-order valence-corrected chi connectivity index (χ1v) is 13.6. The third kappa shape index (κ3) is 5.68. The molecule has 0 unspecified atom stereocenters. The lowest BCUT2D eigenvalue weighted by molar-refractivity contribution is 0.259. The normalized spacial score (nSPS) is 20.3. The number of carbonyl (C=O) groups excluding carboxylic acids is 1. The average molecular weight is 453 g/mol. The molecule has 2 saturated heterocycles. The molecule has 1 N–H and O–H groups in total. The highest BCUT2D eigenvalue weighted by molar-refractivity contribution is 7.63. The Morgan fingerprint density at radius 1 is 0.867 bits per heavy atom. The smallest absolute Gasteiger partial charge is 0.306 e. The second-order valence-corrected chi connectivity index (χ2v) is 13.8. The minimum Gasteiger partial charge on any atom is -0.306 e. The number of nitrogens with one attached hydrogen (secondary N) is 1. The number of nitrogens with zero attached hydrogens (tertiary/aromatic N) is 3. The molecule has 2 aliphatic heterocycles. The molecule has 2 aliphatic rings. The Morgan fingerprint density at radius 3 is 1.70 bits per heavy atom. The highest BCUT2D eigenvalue weighted by Crippen LogP contribution is 2.66. The number of halogens is 1. The fourth-order valence-electron chi connectivity index (χ4n) is 4.78. The maximum absolute atomic E-state index is 13.3. The Morgan fingerprint density at radius 2 is 1.30 bits per heavy atom. The van der Waals surface area contributed by atoms with Crippen molar-refractivity contribution in [3.8, 4) is 0 Å². The SMILES string of the molecule is CC(C)(C)P(=NC(=O)Nc1ccc(Cl)cc1)(N1CCCCCC1)N1CCCCCC1. The average Bonchev–Trinajstić information content (AvgIpc) is 3.12. The Bertz CT molecular complexity index is 719. The quantitative estimate of drug-likeness (QED) is 0.484. The summed E-state index contributed by atoms with van der Waals surface area (Å²) in [4.78, 5) is 13.3. The highest BCUT2D eigenvalue weighted by atomic mass is 35.5. The van der Waals surface area contributed by atoms with Gasteiger partial charge in [-0.3, -0.25) is 9.34 Å².